The van der Waals surface area contributed by atoms with E-state index in [4.69, 9.17) is 5.73 Å². The van der Waals surface area contributed by atoms with Crippen LogP contribution >= 0.6 is 0 Å². The number of hydrogen-bond acceptors (Lipinski definition) is 5. The lowest BCUT2D eigenvalue weighted by Crippen LogP contribution is -1.96. The van der Waals surface area contributed by atoms with Gasteiger partial charge in [0.15, 0.2) is 0 Å². The Morgan fingerprint density at radius 2 is 2.12 bits per heavy atom. The Kier molecular flexibility index (Phi) is 2.70. The van der Waals surface area contributed by atoms with Crippen molar-refractivity contribution in [3.05, 3.63) is 46.4 Å². The predicted molar refractivity (Wildman–Crippen MR) is 63.3 cm³/mol. The van der Waals surface area contributed by atoms with Crippen molar-refractivity contribution in [3.8, 4) is 11.3 Å². The Balaban J connectivity index is 2.54. The van der Waals surface area contributed by atoms with Crippen LogP contribution in [-0.4, -0.2) is 14.9 Å². The van der Waals surface area contributed by atoms with Gasteiger partial charge in [-0.05, 0) is 19.1 Å². The molecule has 2 aromatic rings. The molecule has 0 atom stereocenters. The topological polar surface area (TPSA) is 94.9 Å². The summed E-state index contributed by atoms with van der Waals surface area (Å²) in [6, 6.07) is 6.31. The third-order valence-corrected chi connectivity index (χ3v) is 2.30. The smallest absolute Gasteiger partial charge is 0.292 e. The number of anilines is 1. The minimum atomic E-state index is -0.507. The van der Waals surface area contributed by atoms with Gasteiger partial charge in [-0.2, -0.15) is 0 Å². The molecule has 0 aliphatic carbocycles. The molecule has 0 radical (unpaired) electrons. The zero-order valence-corrected chi connectivity index (χ0v) is 9.12. The molecule has 0 fully saturated rings. The van der Waals surface area contributed by atoms with Crippen LogP contribution in [0.2, 0.25) is 0 Å². The molecule has 2 rings (SSSR count). The summed E-state index contributed by atoms with van der Waals surface area (Å²) in [6.07, 6.45) is 1.61. The highest BCUT2D eigenvalue weighted by Gasteiger charge is 2.13. The van der Waals surface area contributed by atoms with Crippen LogP contribution in [0.4, 0.5) is 11.4 Å². The van der Waals surface area contributed by atoms with Crippen LogP contribution < -0.4 is 5.73 Å². The Hall–Kier alpha value is -2.50. The molecule has 0 amide bonds. The molecule has 2 N–H and O–H groups in total. The summed E-state index contributed by atoms with van der Waals surface area (Å²) in [7, 11) is 0. The maximum atomic E-state index is 10.8. The van der Waals surface area contributed by atoms with Crippen molar-refractivity contribution in [1.82, 2.24) is 9.97 Å². The van der Waals surface area contributed by atoms with Crippen molar-refractivity contribution in [1.29, 1.82) is 0 Å². The van der Waals surface area contributed by atoms with Gasteiger partial charge in [0.25, 0.3) is 5.69 Å². The fourth-order valence-corrected chi connectivity index (χ4v) is 1.48. The van der Waals surface area contributed by atoms with Gasteiger partial charge in [0.05, 0.1) is 10.6 Å². The van der Waals surface area contributed by atoms with Crippen molar-refractivity contribution < 1.29 is 4.92 Å². The van der Waals surface area contributed by atoms with E-state index in [1.807, 2.05) is 0 Å². The molecule has 6 nitrogen and oxygen atoms in total. The summed E-state index contributed by atoms with van der Waals surface area (Å²) >= 11 is 0. The van der Waals surface area contributed by atoms with Crippen molar-refractivity contribution in [2.75, 3.05) is 5.73 Å². The minimum absolute atomic E-state index is 0.112. The first kappa shape index (κ1) is 11.0. The Labute approximate surface area is 97.3 Å². The molecule has 1 heterocycles. The lowest BCUT2D eigenvalue weighted by molar-refractivity contribution is -0.383. The van der Waals surface area contributed by atoms with Gasteiger partial charge in [0.1, 0.15) is 11.5 Å². The maximum Gasteiger partial charge on any atom is 0.292 e. The van der Waals surface area contributed by atoms with Gasteiger partial charge < -0.3 is 5.73 Å². The van der Waals surface area contributed by atoms with Gasteiger partial charge in [-0.25, -0.2) is 9.97 Å². The van der Waals surface area contributed by atoms with E-state index < -0.39 is 4.92 Å². The molecular weight excluding hydrogens is 220 g/mol. The monoisotopic (exact) mass is 230 g/mol. The summed E-state index contributed by atoms with van der Waals surface area (Å²) in [4.78, 5) is 18.4. The van der Waals surface area contributed by atoms with Crippen LogP contribution in [0.3, 0.4) is 0 Å². The summed E-state index contributed by atoms with van der Waals surface area (Å²) in [5.41, 5.74) is 6.84. The summed E-state index contributed by atoms with van der Waals surface area (Å²) in [5.74, 6) is 0.613. The van der Waals surface area contributed by atoms with Gasteiger partial charge in [0, 0.05) is 17.8 Å². The van der Waals surface area contributed by atoms with E-state index in [1.165, 1.54) is 12.1 Å². The number of nitrogen functional groups attached to an aromatic ring is 1. The maximum absolute atomic E-state index is 10.8. The molecule has 0 aliphatic rings. The second-order valence-electron chi connectivity index (χ2n) is 3.52. The second kappa shape index (κ2) is 4.17. The number of aromatic nitrogens is 2. The highest BCUT2D eigenvalue weighted by atomic mass is 16.6. The lowest BCUT2D eigenvalue weighted by Gasteiger charge is -2.03. The van der Waals surface area contributed by atoms with Gasteiger partial charge in [-0.15, -0.1) is 0 Å². The van der Waals surface area contributed by atoms with Crippen LogP contribution in [0.15, 0.2) is 30.5 Å². The predicted octanol–water partition coefficient (Wildman–Crippen LogP) is 1.94. The SMILES string of the molecule is Cc1nccc(-c2ccc(N)c([N+](=O)[O-])c2)n1. The molecule has 6 heteroatoms. The number of nitrogens with zero attached hydrogens (tertiary/aromatic N) is 3. The number of nitrogens with two attached hydrogens (primary N) is 1. The molecule has 17 heavy (non-hydrogen) atoms. The first-order chi connectivity index (χ1) is 8.08. The lowest BCUT2D eigenvalue weighted by atomic mass is 10.1. The van der Waals surface area contributed by atoms with E-state index in [2.05, 4.69) is 9.97 Å². The number of benzene rings is 1. The molecule has 0 aliphatic heterocycles. The first-order valence-electron chi connectivity index (χ1n) is 4.92. The molecule has 0 saturated carbocycles. The van der Waals surface area contributed by atoms with Crippen LogP contribution in [0.25, 0.3) is 11.3 Å². The van der Waals surface area contributed by atoms with E-state index in [1.54, 1.807) is 25.3 Å². The molecule has 0 bridgehead atoms. The molecule has 0 spiro atoms. The van der Waals surface area contributed by atoms with E-state index >= 15 is 0 Å². The third-order valence-electron chi connectivity index (χ3n) is 2.30. The van der Waals surface area contributed by atoms with Crippen LogP contribution in [0.1, 0.15) is 5.82 Å². The molecule has 0 unspecified atom stereocenters. The largest absolute Gasteiger partial charge is 0.393 e. The van der Waals surface area contributed by atoms with Crippen molar-refractivity contribution in [2.24, 2.45) is 0 Å². The van der Waals surface area contributed by atoms with E-state index in [9.17, 15) is 10.1 Å². The second-order valence-corrected chi connectivity index (χ2v) is 3.52. The van der Waals surface area contributed by atoms with Gasteiger partial charge in [0.2, 0.25) is 0 Å². The van der Waals surface area contributed by atoms with Crippen LogP contribution in [0, 0.1) is 17.0 Å². The fraction of sp³-hybridized carbons (Fsp3) is 0.0909. The van der Waals surface area contributed by atoms with Gasteiger partial charge in [-0.1, -0.05) is 6.07 Å². The molecule has 0 saturated heterocycles. The van der Waals surface area contributed by atoms with Crippen molar-refractivity contribution >= 4 is 11.4 Å². The summed E-state index contributed by atoms with van der Waals surface area (Å²) in [5, 5.41) is 10.8. The van der Waals surface area contributed by atoms with E-state index in [0.29, 0.717) is 17.1 Å². The number of nitro groups is 1. The Bertz CT molecular complexity index is 583. The summed E-state index contributed by atoms with van der Waals surface area (Å²) in [6.45, 7) is 1.76. The number of nitro benzene ring substituents is 1. The Morgan fingerprint density at radius 1 is 1.35 bits per heavy atom. The average molecular weight is 230 g/mol. The fourth-order valence-electron chi connectivity index (χ4n) is 1.48. The standard InChI is InChI=1S/C11H10N4O2/c1-7-13-5-4-10(14-7)8-2-3-9(12)11(6-8)15(16)17/h2-6H,12H2,1H3. The Morgan fingerprint density at radius 3 is 2.76 bits per heavy atom. The highest BCUT2D eigenvalue weighted by molar-refractivity contribution is 5.69. The van der Waals surface area contributed by atoms with Crippen molar-refractivity contribution in [3.63, 3.8) is 0 Å². The minimum Gasteiger partial charge on any atom is -0.393 e. The van der Waals surface area contributed by atoms with Gasteiger partial charge in [-0.3, -0.25) is 10.1 Å². The van der Waals surface area contributed by atoms with E-state index in [0.717, 1.165) is 0 Å². The quantitative estimate of drug-likeness (QED) is 0.483. The zero-order valence-electron chi connectivity index (χ0n) is 9.12. The molecular formula is C11H10N4O2. The average Bonchev–Trinajstić information content (AvgIpc) is 2.29. The normalized spacial score (nSPS) is 10.2. The van der Waals surface area contributed by atoms with E-state index in [-0.39, 0.29) is 11.4 Å². The molecule has 86 valence electrons. The summed E-state index contributed by atoms with van der Waals surface area (Å²) < 4.78 is 0. The van der Waals surface area contributed by atoms with Crippen LogP contribution in [-0.2, 0) is 0 Å². The third kappa shape index (κ3) is 2.20. The number of hydrogen-bond donors (Lipinski definition) is 1. The van der Waals surface area contributed by atoms with Gasteiger partial charge >= 0.3 is 0 Å². The number of rotatable bonds is 2. The number of aryl methyl sites for hydroxylation is 1. The highest BCUT2D eigenvalue weighted by Crippen LogP contribution is 2.27. The van der Waals surface area contributed by atoms with Crippen LogP contribution in [0.5, 0.6) is 0 Å². The molecule has 1 aromatic heterocycles. The van der Waals surface area contributed by atoms with Crippen molar-refractivity contribution in [2.45, 2.75) is 6.92 Å². The molecule has 1 aromatic carbocycles. The zero-order chi connectivity index (χ0) is 12.4. The first-order valence-corrected chi connectivity index (χ1v) is 4.92.